The zero-order valence-corrected chi connectivity index (χ0v) is 16.4. The number of ketones is 1. The number of hydrogen-bond donors (Lipinski definition) is 1. The number of hydrogen-bond acceptors (Lipinski definition) is 5. The molecule has 1 aromatic rings. The highest BCUT2D eigenvalue weighted by Gasteiger charge is 2.54. The van der Waals surface area contributed by atoms with Crippen LogP contribution in [0.3, 0.4) is 0 Å². The van der Waals surface area contributed by atoms with Gasteiger partial charge in [-0.3, -0.25) is 4.79 Å². The monoisotopic (exact) mass is 397 g/mol. The Labute approximate surface area is 162 Å². The summed E-state index contributed by atoms with van der Waals surface area (Å²) in [4.78, 5) is 26.8. The molecular weight excluding hydrogens is 372 g/mol. The van der Waals surface area contributed by atoms with E-state index >= 15 is 0 Å². The highest BCUT2D eigenvalue weighted by molar-refractivity contribution is 6.02. The van der Waals surface area contributed by atoms with Crippen LogP contribution in [-0.4, -0.2) is 52.3 Å². The Morgan fingerprint density at radius 1 is 1.32 bits per heavy atom. The van der Waals surface area contributed by atoms with Crippen LogP contribution >= 0.6 is 0 Å². The van der Waals surface area contributed by atoms with Crippen LogP contribution in [0, 0.1) is 17.6 Å². The van der Waals surface area contributed by atoms with Gasteiger partial charge in [0.1, 0.15) is 28.6 Å². The Kier molecular flexibility index (Phi) is 5.12. The first kappa shape index (κ1) is 20.5. The van der Waals surface area contributed by atoms with Crippen LogP contribution in [-0.2, 0) is 4.74 Å². The van der Waals surface area contributed by atoms with Crippen molar-refractivity contribution < 1.29 is 33.0 Å². The van der Waals surface area contributed by atoms with Crippen molar-refractivity contribution in [3.8, 4) is 5.75 Å². The summed E-state index contributed by atoms with van der Waals surface area (Å²) in [5.74, 6) is -3.64. The van der Waals surface area contributed by atoms with Crippen molar-refractivity contribution >= 4 is 11.9 Å². The van der Waals surface area contributed by atoms with Gasteiger partial charge in [0.25, 0.3) is 0 Å². The molecule has 0 saturated carbocycles. The lowest BCUT2D eigenvalue weighted by molar-refractivity contribution is -0.0767. The van der Waals surface area contributed by atoms with Gasteiger partial charge in [-0.15, -0.1) is 0 Å². The Morgan fingerprint density at radius 3 is 2.46 bits per heavy atom. The van der Waals surface area contributed by atoms with E-state index in [4.69, 9.17) is 9.47 Å². The number of rotatable bonds is 1. The molecule has 2 aliphatic heterocycles. The molecule has 2 atom stereocenters. The molecule has 6 nitrogen and oxygen atoms in total. The average Bonchev–Trinajstić information content (AvgIpc) is 2.52. The maximum atomic E-state index is 14.2. The Morgan fingerprint density at radius 2 is 1.93 bits per heavy atom. The highest BCUT2D eigenvalue weighted by atomic mass is 19.1. The minimum absolute atomic E-state index is 0.162. The maximum absolute atomic E-state index is 14.2. The molecule has 8 heteroatoms. The van der Waals surface area contributed by atoms with Crippen LogP contribution in [0.4, 0.5) is 13.6 Å². The van der Waals surface area contributed by atoms with Crippen molar-refractivity contribution in [2.45, 2.75) is 57.8 Å². The largest absolute Gasteiger partial charge is 0.485 e. The number of carbonyl (C=O) groups excluding carboxylic acids is 2. The van der Waals surface area contributed by atoms with E-state index in [-0.39, 0.29) is 37.2 Å². The smallest absolute Gasteiger partial charge is 0.410 e. The Bertz CT molecular complexity index is 795. The summed E-state index contributed by atoms with van der Waals surface area (Å²) in [6.45, 7) is 7.21. The molecule has 2 heterocycles. The first-order valence-corrected chi connectivity index (χ1v) is 9.32. The summed E-state index contributed by atoms with van der Waals surface area (Å²) in [5.41, 5.74) is -2.12. The molecule has 1 saturated heterocycles. The fourth-order valence-corrected chi connectivity index (χ4v) is 4.01. The number of nitrogens with zero attached hydrogens (tertiary/aromatic N) is 1. The molecule has 1 spiro atoms. The van der Waals surface area contributed by atoms with Crippen molar-refractivity contribution in [2.24, 2.45) is 5.92 Å². The molecule has 1 fully saturated rings. The number of fused-ring (bicyclic) bond motifs is 1. The van der Waals surface area contributed by atoms with E-state index in [1.54, 1.807) is 20.8 Å². The van der Waals surface area contributed by atoms with Crippen molar-refractivity contribution in [3.63, 3.8) is 0 Å². The maximum Gasteiger partial charge on any atom is 0.410 e. The molecule has 3 rings (SSSR count). The highest BCUT2D eigenvalue weighted by Crippen LogP contribution is 2.45. The number of piperidine rings is 1. The summed E-state index contributed by atoms with van der Waals surface area (Å²) < 4.78 is 39.2. The fourth-order valence-electron chi connectivity index (χ4n) is 4.01. The van der Waals surface area contributed by atoms with Gasteiger partial charge in [0.15, 0.2) is 5.78 Å². The molecule has 0 aromatic heterocycles. The fraction of sp³-hybridized carbons (Fsp3) is 0.600. The third kappa shape index (κ3) is 3.70. The van der Waals surface area contributed by atoms with Gasteiger partial charge < -0.3 is 19.5 Å². The molecule has 28 heavy (non-hydrogen) atoms. The number of Topliss-reactive ketones (excluding diaryl/α,β-unsaturated/α-hetero) is 1. The minimum Gasteiger partial charge on any atom is -0.485 e. The zero-order valence-electron chi connectivity index (χ0n) is 16.4. The van der Waals surface area contributed by atoms with Gasteiger partial charge in [-0.25, -0.2) is 13.6 Å². The number of benzene rings is 1. The quantitative estimate of drug-likeness (QED) is 0.787. The van der Waals surface area contributed by atoms with Gasteiger partial charge in [0.2, 0.25) is 0 Å². The zero-order chi connectivity index (χ0) is 20.9. The number of halogens is 2. The third-order valence-electron chi connectivity index (χ3n) is 5.17. The predicted molar refractivity (Wildman–Crippen MR) is 96.3 cm³/mol. The van der Waals surface area contributed by atoms with Crippen LogP contribution in [0.2, 0.25) is 0 Å². The number of aliphatic hydroxyl groups is 1. The van der Waals surface area contributed by atoms with E-state index in [2.05, 4.69) is 0 Å². The molecule has 154 valence electrons. The number of carbonyl (C=O) groups is 2. The van der Waals surface area contributed by atoms with Gasteiger partial charge in [-0.05, 0) is 27.7 Å². The summed E-state index contributed by atoms with van der Waals surface area (Å²) in [5, 5.41) is 10.3. The molecule has 1 amide bonds. The SMILES string of the molecule is CC(O)C1C(=O)c2c(F)cc(F)cc2OC12CCN(C(=O)OC(C)(C)C)CC2. The van der Waals surface area contributed by atoms with Crippen LogP contribution in [0.5, 0.6) is 5.75 Å². The second kappa shape index (κ2) is 6.99. The van der Waals surface area contributed by atoms with E-state index in [0.29, 0.717) is 6.07 Å². The van der Waals surface area contributed by atoms with Gasteiger partial charge in [-0.2, -0.15) is 0 Å². The topological polar surface area (TPSA) is 76.1 Å². The Balaban J connectivity index is 1.88. The van der Waals surface area contributed by atoms with Crippen LogP contribution < -0.4 is 4.74 Å². The van der Waals surface area contributed by atoms with E-state index < -0.39 is 46.7 Å². The van der Waals surface area contributed by atoms with Gasteiger partial charge in [0, 0.05) is 38.1 Å². The van der Waals surface area contributed by atoms with Crippen molar-refractivity contribution in [1.82, 2.24) is 4.90 Å². The van der Waals surface area contributed by atoms with Crippen LogP contribution in [0.1, 0.15) is 50.9 Å². The molecule has 2 unspecified atom stereocenters. The molecule has 0 aliphatic carbocycles. The molecule has 1 N–H and O–H groups in total. The first-order chi connectivity index (χ1) is 12.9. The number of amides is 1. The molecular formula is C20H25F2NO5. The second-order valence-corrected chi connectivity index (χ2v) is 8.48. The second-order valence-electron chi connectivity index (χ2n) is 8.48. The number of aliphatic hydroxyl groups excluding tert-OH is 1. The third-order valence-corrected chi connectivity index (χ3v) is 5.17. The predicted octanol–water partition coefficient (Wildman–Crippen LogP) is 3.31. The summed E-state index contributed by atoms with van der Waals surface area (Å²) in [6.07, 6.45) is -1.12. The normalized spacial score (nSPS) is 22.5. The van der Waals surface area contributed by atoms with E-state index in [9.17, 15) is 23.5 Å². The lowest BCUT2D eigenvalue weighted by Crippen LogP contribution is -2.60. The van der Waals surface area contributed by atoms with Crippen molar-refractivity contribution in [3.05, 3.63) is 29.3 Å². The van der Waals surface area contributed by atoms with Crippen molar-refractivity contribution in [1.29, 1.82) is 0 Å². The number of likely N-dealkylation sites (tertiary alicyclic amines) is 1. The summed E-state index contributed by atoms with van der Waals surface area (Å²) in [7, 11) is 0. The first-order valence-electron chi connectivity index (χ1n) is 9.32. The summed E-state index contributed by atoms with van der Waals surface area (Å²) >= 11 is 0. The molecule has 0 bridgehead atoms. The van der Waals surface area contributed by atoms with Gasteiger partial charge in [0.05, 0.1) is 17.6 Å². The van der Waals surface area contributed by atoms with E-state index in [1.165, 1.54) is 11.8 Å². The standard InChI is InChI=1S/C20H25F2NO5/c1-11(24)16-17(25)15-13(22)9-12(21)10-14(15)27-20(16)5-7-23(8-6-20)18(26)28-19(2,3)4/h9-11,16,24H,5-8H2,1-4H3. The Hall–Kier alpha value is -2.22. The van der Waals surface area contributed by atoms with Crippen LogP contribution in [0.25, 0.3) is 0 Å². The summed E-state index contributed by atoms with van der Waals surface area (Å²) in [6, 6.07) is 1.61. The van der Waals surface area contributed by atoms with Crippen LogP contribution in [0.15, 0.2) is 12.1 Å². The molecule has 2 aliphatic rings. The van der Waals surface area contributed by atoms with E-state index in [1.807, 2.05) is 0 Å². The van der Waals surface area contributed by atoms with Crippen molar-refractivity contribution in [2.75, 3.05) is 13.1 Å². The number of ether oxygens (including phenoxy) is 2. The molecule has 1 aromatic carbocycles. The van der Waals surface area contributed by atoms with Gasteiger partial charge >= 0.3 is 6.09 Å². The average molecular weight is 397 g/mol. The van der Waals surface area contributed by atoms with E-state index in [0.717, 1.165) is 6.07 Å². The minimum atomic E-state index is -1.14. The lowest BCUT2D eigenvalue weighted by Gasteiger charge is -2.49. The molecule has 0 radical (unpaired) electrons. The lowest BCUT2D eigenvalue weighted by atomic mass is 9.71. The van der Waals surface area contributed by atoms with Gasteiger partial charge in [-0.1, -0.05) is 0 Å².